The van der Waals surface area contributed by atoms with E-state index in [-0.39, 0.29) is 4.92 Å². The molecule has 1 aromatic carbocycles. The Hall–Kier alpha value is 3.07. The molecular formula is C9H11ClI5N2O3V2. The standard InChI is InChI=1S/C7H5ClO2.C2H6N2O.5HI.2V/c8-7(9)10-6-4-2-1-3-5-6;1-4-2(3)5;;;;;;;/h1-5H;1H3,(H3,3,4,5);5*1H;;/q;;;;;;;+2;+3/p-5. The van der Waals surface area contributed by atoms with Gasteiger partial charge in [0.05, 0.1) is 0 Å². The molecule has 0 aromatic heterocycles. The number of benzene rings is 1. The maximum absolute atomic E-state index is 10.2. The third kappa shape index (κ3) is 38.6. The summed E-state index contributed by atoms with van der Waals surface area (Å²) in [5.41, 5.74) is 3.73. The average Bonchev–Trinajstić information content (AvgIpc) is 2.40. The summed E-state index contributed by atoms with van der Waals surface area (Å²) in [6.07, 6.45) is 0. The van der Waals surface area contributed by atoms with E-state index in [0.29, 0.717) is 15.2 Å². The number of nitrogens with two attached hydrogens (primary N) is 1. The molecule has 13 heteroatoms. The molecular weight excluding hydrogens is 956 g/mol. The van der Waals surface area contributed by atoms with Gasteiger partial charge in [0.25, 0.3) is 0 Å². The molecule has 0 bridgehead atoms. The summed E-state index contributed by atoms with van der Waals surface area (Å²) in [5, 5.41) is 2.17. The number of rotatable bonds is 1. The first-order valence-electron chi connectivity index (χ1n) is 4.80. The SMILES string of the molecule is CNC(N)=O.O=C(Cl)Oc1ccccc1.[I][V]([I])[I].[I][V][I]. The van der Waals surface area contributed by atoms with E-state index in [1.54, 1.807) is 24.3 Å². The minimum absolute atomic E-state index is 0.278. The van der Waals surface area contributed by atoms with Gasteiger partial charge in [0.15, 0.2) is 0 Å². The Labute approximate surface area is 201 Å². The van der Waals surface area contributed by atoms with Crippen molar-refractivity contribution in [2.75, 3.05) is 7.05 Å². The Morgan fingerprint density at radius 3 is 1.77 bits per heavy atom. The molecule has 0 radical (unpaired) electrons. The van der Waals surface area contributed by atoms with Crippen molar-refractivity contribution in [1.29, 1.82) is 0 Å². The second kappa shape index (κ2) is 24.1. The zero-order valence-electron chi connectivity index (χ0n) is 10.9. The second-order valence-electron chi connectivity index (χ2n) is 2.52. The van der Waals surface area contributed by atoms with E-state index in [9.17, 15) is 9.59 Å². The zero-order chi connectivity index (χ0) is 18.0. The van der Waals surface area contributed by atoms with E-state index in [2.05, 4.69) is 116 Å². The quantitative estimate of drug-likeness (QED) is 0.263. The van der Waals surface area contributed by atoms with Gasteiger partial charge in [-0.1, -0.05) is 18.2 Å². The number of ether oxygens (including phenoxy) is 1. The number of hydrogen-bond acceptors (Lipinski definition) is 3. The van der Waals surface area contributed by atoms with Crippen LogP contribution < -0.4 is 15.8 Å². The Balaban J connectivity index is -0.000000255. The van der Waals surface area contributed by atoms with Crippen LogP contribution in [0.15, 0.2) is 30.3 Å². The van der Waals surface area contributed by atoms with Crippen molar-refractivity contribution in [3.05, 3.63) is 30.3 Å². The van der Waals surface area contributed by atoms with Crippen molar-refractivity contribution < 1.29 is 28.7 Å². The summed E-state index contributed by atoms with van der Waals surface area (Å²) in [6, 6.07) is 8.15. The number of urea groups is 1. The summed E-state index contributed by atoms with van der Waals surface area (Å²) < 4.78 is 4.54. The predicted octanol–water partition coefficient (Wildman–Crippen LogP) is 6.13. The van der Waals surface area contributed by atoms with Gasteiger partial charge in [0.2, 0.25) is 0 Å². The third-order valence-electron chi connectivity index (χ3n) is 1.19. The van der Waals surface area contributed by atoms with E-state index in [1.807, 2.05) is 6.07 Å². The summed E-state index contributed by atoms with van der Waals surface area (Å²) in [5.74, 6) is 0.461. The summed E-state index contributed by atoms with van der Waals surface area (Å²) >= 11 is 17.1. The predicted molar refractivity (Wildman–Crippen MR) is 127 cm³/mol. The van der Waals surface area contributed by atoms with Crippen LogP contribution in [0.4, 0.5) is 9.59 Å². The van der Waals surface area contributed by atoms with Crippen molar-refractivity contribution >= 4 is 123 Å². The monoisotopic (exact) mass is 966 g/mol. The molecule has 0 atom stereocenters. The van der Waals surface area contributed by atoms with Crippen LogP contribution in [-0.4, -0.2) is 18.5 Å². The van der Waals surface area contributed by atoms with Crippen molar-refractivity contribution in [3.63, 3.8) is 0 Å². The molecule has 0 saturated heterocycles. The molecule has 0 saturated carbocycles. The van der Waals surface area contributed by atoms with Gasteiger partial charge in [-0.25, -0.2) is 9.59 Å². The van der Waals surface area contributed by atoms with Crippen molar-refractivity contribution in [3.8, 4) is 5.75 Å². The van der Waals surface area contributed by atoms with E-state index in [1.165, 1.54) is 7.05 Å². The zero-order valence-corrected chi connectivity index (χ0v) is 25.2. The molecule has 1 aromatic rings. The summed E-state index contributed by atoms with van der Waals surface area (Å²) in [4.78, 5) is 19.4. The summed E-state index contributed by atoms with van der Waals surface area (Å²) in [7, 11) is 2.10. The summed E-state index contributed by atoms with van der Waals surface area (Å²) in [6.45, 7) is 0. The molecule has 0 aliphatic heterocycles. The van der Waals surface area contributed by atoms with E-state index in [0.717, 1.165) is 0 Å². The molecule has 0 aliphatic carbocycles. The molecule has 2 amide bonds. The Kier molecular flexibility index (Phi) is 32.6. The van der Waals surface area contributed by atoms with Crippen LogP contribution in [0.25, 0.3) is 0 Å². The number of halogens is 6. The van der Waals surface area contributed by atoms with Crippen LogP contribution >= 0.6 is 111 Å². The first-order chi connectivity index (χ1) is 10.2. The molecule has 127 valence electrons. The van der Waals surface area contributed by atoms with Gasteiger partial charge in [0, 0.05) is 18.6 Å². The molecule has 1 rings (SSSR count). The van der Waals surface area contributed by atoms with Crippen LogP contribution in [-0.2, 0) is 14.4 Å². The molecule has 0 fully saturated rings. The minimum atomic E-state index is -0.814. The average molecular weight is 967 g/mol. The molecule has 3 N–H and O–H groups in total. The van der Waals surface area contributed by atoms with E-state index < -0.39 is 11.5 Å². The fourth-order valence-electron chi connectivity index (χ4n) is 0.581. The van der Waals surface area contributed by atoms with E-state index in [4.69, 9.17) is 11.6 Å². The Morgan fingerprint density at radius 1 is 1.23 bits per heavy atom. The normalized spacial score (nSPS) is 7.82. The molecule has 22 heavy (non-hydrogen) atoms. The van der Waals surface area contributed by atoms with Gasteiger partial charge in [0.1, 0.15) is 5.75 Å². The van der Waals surface area contributed by atoms with Crippen LogP contribution in [0, 0.1) is 0 Å². The number of carbonyl (C=O) groups excluding carboxylic acids is 2. The number of amides is 2. The number of nitrogens with one attached hydrogen (secondary N) is 1. The molecule has 5 nitrogen and oxygen atoms in total. The van der Waals surface area contributed by atoms with Gasteiger partial charge >= 0.3 is 126 Å². The van der Waals surface area contributed by atoms with Crippen LogP contribution in [0.2, 0.25) is 0 Å². The van der Waals surface area contributed by atoms with E-state index >= 15 is 0 Å². The topological polar surface area (TPSA) is 81.4 Å². The van der Waals surface area contributed by atoms with Crippen molar-refractivity contribution in [2.24, 2.45) is 5.73 Å². The van der Waals surface area contributed by atoms with Gasteiger partial charge in [-0.3, -0.25) is 0 Å². The number of para-hydroxylation sites is 1. The van der Waals surface area contributed by atoms with Gasteiger partial charge in [-0.2, -0.15) is 0 Å². The van der Waals surface area contributed by atoms with Crippen molar-refractivity contribution in [2.45, 2.75) is 0 Å². The molecule has 0 aliphatic rings. The number of carbonyl (C=O) groups is 2. The fraction of sp³-hybridized carbons (Fsp3) is 0.111. The van der Waals surface area contributed by atoms with Gasteiger partial charge in [-0.05, 0) is 12.1 Å². The molecule has 0 spiro atoms. The van der Waals surface area contributed by atoms with Crippen molar-refractivity contribution in [1.82, 2.24) is 5.32 Å². The maximum atomic E-state index is 10.2. The third-order valence-corrected chi connectivity index (χ3v) is 1.26. The first kappa shape index (κ1) is 29.8. The fourth-order valence-corrected chi connectivity index (χ4v) is 0.670. The first-order valence-corrected chi connectivity index (χ1v) is 27.7. The van der Waals surface area contributed by atoms with Crippen LogP contribution in [0.5, 0.6) is 5.75 Å². The van der Waals surface area contributed by atoms with Crippen LogP contribution in [0.1, 0.15) is 0 Å². The van der Waals surface area contributed by atoms with Gasteiger partial charge < -0.3 is 15.8 Å². The molecule has 0 heterocycles. The van der Waals surface area contributed by atoms with Crippen LogP contribution in [0.3, 0.4) is 0 Å². The Morgan fingerprint density at radius 2 is 1.55 bits per heavy atom. The number of primary amides is 1. The Bertz CT molecular complexity index is 390. The number of hydrogen-bond donors (Lipinski definition) is 2. The second-order valence-corrected chi connectivity index (χ2v) is 50.0. The van der Waals surface area contributed by atoms with Gasteiger partial charge in [-0.15, -0.1) is 0 Å². The molecule has 0 unspecified atom stereocenters.